The molecule has 2 heteroatoms. The molecule has 0 spiro atoms. The van der Waals surface area contributed by atoms with Crippen LogP contribution in [-0.2, 0) is 0 Å². The molecule has 0 aromatic rings. The summed E-state index contributed by atoms with van der Waals surface area (Å²) in [7, 11) is 8.87. The lowest BCUT2D eigenvalue weighted by Crippen LogP contribution is -2.38. The molecule has 1 aliphatic rings. The molecule has 0 amide bonds. The lowest BCUT2D eigenvalue weighted by molar-refractivity contribution is 0.155. The number of rotatable bonds is 3. The van der Waals surface area contributed by atoms with Crippen LogP contribution in [0.3, 0.4) is 0 Å². The van der Waals surface area contributed by atoms with Gasteiger partial charge >= 0.3 is 0 Å². The highest BCUT2D eigenvalue weighted by atomic mass is 15.1. The van der Waals surface area contributed by atoms with Gasteiger partial charge in [-0.2, -0.15) is 0 Å². The molecule has 0 aliphatic carbocycles. The molecule has 0 saturated carbocycles. The van der Waals surface area contributed by atoms with Gasteiger partial charge in [-0.1, -0.05) is 45.9 Å². The lowest BCUT2D eigenvalue weighted by atomic mass is 9.56. The Morgan fingerprint density at radius 2 is 2.12 bits per heavy atom. The van der Waals surface area contributed by atoms with E-state index < -0.39 is 0 Å². The Hall–Kier alpha value is 0.0249. The Bertz CT molecular complexity index is 225. The van der Waals surface area contributed by atoms with E-state index in [-0.39, 0.29) is 5.31 Å². The van der Waals surface area contributed by atoms with Crippen molar-refractivity contribution < 1.29 is 0 Å². The van der Waals surface area contributed by atoms with Crippen molar-refractivity contribution in [2.75, 3.05) is 20.1 Å². The van der Waals surface area contributed by atoms with Gasteiger partial charge in [-0.3, -0.25) is 0 Å². The average Bonchev–Trinajstić information content (AvgIpc) is 2.23. The molecule has 1 aliphatic heterocycles. The minimum Gasteiger partial charge on any atom is -0.306 e. The fraction of sp³-hybridized carbons (Fsp3) is 1.00. The first-order valence-corrected chi connectivity index (χ1v) is 7.32. The molecule has 2 radical (unpaired) electrons. The van der Waals surface area contributed by atoms with E-state index in [2.05, 4.69) is 39.6 Å². The zero-order chi connectivity index (χ0) is 13.1. The summed E-state index contributed by atoms with van der Waals surface area (Å²) in [5.41, 5.74) is 0. The predicted molar refractivity (Wildman–Crippen MR) is 77.6 cm³/mol. The van der Waals surface area contributed by atoms with E-state index in [4.69, 9.17) is 7.85 Å². The molecule has 4 unspecified atom stereocenters. The summed E-state index contributed by atoms with van der Waals surface area (Å²) >= 11 is 0. The van der Waals surface area contributed by atoms with Crippen molar-refractivity contribution in [3.05, 3.63) is 0 Å². The van der Waals surface area contributed by atoms with E-state index in [1.165, 1.54) is 38.8 Å². The number of nitrogens with zero attached hydrogens (tertiary/aromatic N) is 1. The monoisotopic (exact) mass is 235 g/mol. The standard InChI is InChI=1S/C15H30BN/c1-6-12(2)9-14-11-17(5)8-7-13(3)10-15(14,4)16/h12-14H,6-11H2,1-5H3. The van der Waals surface area contributed by atoms with Crippen LogP contribution in [0.5, 0.6) is 0 Å². The van der Waals surface area contributed by atoms with Crippen molar-refractivity contribution in [3.8, 4) is 0 Å². The number of likely N-dealkylation sites (tertiary alicyclic amines) is 1. The van der Waals surface area contributed by atoms with Gasteiger partial charge < -0.3 is 4.90 Å². The van der Waals surface area contributed by atoms with E-state index in [1.807, 2.05) is 0 Å². The maximum absolute atomic E-state index is 6.62. The molecular formula is C15H30BN. The van der Waals surface area contributed by atoms with E-state index >= 15 is 0 Å². The predicted octanol–water partition coefficient (Wildman–Crippen LogP) is 3.75. The fourth-order valence-electron chi connectivity index (χ4n) is 3.13. The maximum Gasteiger partial charge on any atom is 0.0747 e. The summed E-state index contributed by atoms with van der Waals surface area (Å²) in [6.07, 6.45) is 5.02. The molecule has 0 aromatic heterocycles. The number of hydrogen-bond donors (Lipinski definition) is 0. The van der Waals surface area contributed by atoms with Crippen LogP contribution in [0.1, 0.15) is 53.4 Å². The smallest absolute Gasteiger partial charge is 0.0747 e. The Balaban J connectivity index is 2.72. The van der Waals surface area contributed by atoms with Gasteiger partial charge in [-0.15, -0.1) is 0 Å². The summed E-state index contributed by atoms with van der Waals surface area (Å²) in [5, 5.41) is 0.0114. The molecule has 4 atom stereocenters. The second-order valence-corrected chi connectivity index (χ2v) is 6.81. The minimum absolute atomic E-state index is 0.0114. The van der Waals surface area contributed by atoms with Gasteiger partial charge in [0.15, 0.2) is 0 Å². The molecule has 1 nitrogen and oxygen atoms in total. The first kappa shape index (κ1) is 15.1. The molecular weight excluding hydrogens is 205 g/mol. The summed E-state index contributed by atoms with van der Waals surface area (Å²) in [6.45, 7) is 11.7. The highest BCUT2D eigenvalue weighted by Gasteiger charge is 2.33. The topological polar surface area (TPSA) is 3.24 Å². The molecule has 0 bridgehead atoms. The molecule has 1 heterocycles. The van der Waals surface area contributed by atoms with Crippen LogP contribution in [0, 0.1) is 17.8 Å². The van der Waals surface area contributed by atoms with Gasteiger partial charge in [0.1, 0.15) is 0 Å². The highest BCUT2D eigenvalue weighted by molar-refractivity contribution is 6.15. The molecule has 1 fully saturated rings. The zero-order valence-electron chi connectivity index (χ0n) is 12.5. The van der Waals surface area contributed by atoms with Gasteiger partial charge in [-0.05, 0) is 44.2 Å². The number of hydrogen-bond acceptors (Lipinski definition) is 1. The van der Waals surface area contributed by atoms with Crippen molar-refractivity contribution in [1.82, 2.24) is 4.90 Å². The minimum atomic E-state index is 0.0114. The normalized spacial score (nSPS) is 38.4. The second-order valence-electron chi connectivity index (χ2n) is 6.81. The van der Waals surface area contributed by atoms with Crippen LogP contribution in [0.25, 0.3) is 0 Å². The molecule has 0 aromatic carbocycles. The Kier molecular flexibility index (Phi) is 5.56. The summed E-state index contributed by atoms with van der Waals surface area (Å²) < 4.78 is 0. The molecule has 1 saturated heterocycles. The van der Waals surface area contributed by atoms with Crippen LogP contribution in [0.4, 0.5) is 0 Å². The molecule has 0 N–H and O–H groups in total. The first-order valence-electron chi connectivity index (χ1n) is 7.32. The van der Waals surface area contributed by atoms with Crippen LogP contribution in [0.15, 0.2) is 0 Å². The first-order chi connectivity index (χ1) is 7.85. The van der Waals surface area contributed by atoms with E-state index in [1.54, 1.807) is 0 Å². The molecule has 98 valence electrons. The Morgan fingerprint density at radius 3 is 2.71 bits per heavy atom. The Morgan fingerprint density at radius 1 is 1.47 bits per heavy atom. The highest BCUT2D eigenvalue weighted by Crippen LogP contribution is 2.44. The summed E-state index contributed by atoms with van der Waals surface area (Å²) in [5.74, 6) is 2.20. The van der Waals surface area contributed by atoms with Crippen LogP contribution in [0.2, 0.25) is 5.31 Å². The van der Waals surface area contributed by atoms with Gasteiger partial charge in [0.05, 0.1) is 7.85 Å². The quantitative estimate of drug-likeness (QED) is 0.673. The summed E-state index contributed by atoms with van der Waals surface area (Å²) in [6, 6.07) is 0. The van der Waals surface area contributed by atoms with Crippen molar-refractivity contribution in [3.63, 3.8) is 0 Å². The SMILES string of the molecule is [B]C1(C)CC(C)CCN(C)CC1CC(C)CC. The maximum atomic E-state index is 6.62. The fourth-order valence-corrected chi connectivity index (χ4v) is 3.13. The van der Waals surface area contributed by atoms with Gasteiger partial charge in [-0.25, -0.2) is 0 Å². The van der Waals surface area contributed by atoms with Crippen LogP contribution in [-0.4, -0.2) is 32.9 Å². The van der Waals surface area contributed by atoms with E-state index in [9.17, 15) is 0 Å². The van der Waals surface area contributed by atoms with Gasteiger partial charge in [0.25, 0.3) is 0 Å². The Labute approximate surface area is 110 Å². The largest absolute Gasteiger partial charge is 0.306 e. The molecule has 1 rings (SSSR count). The van der Waals surface area contributed by atoms with E-state index in [0.29, 0.717) is 5.92 Å². The lowest BCUT2D eigenvalue weighted by Gasteiger charge is -2.43. The van der Waals surface area contributed by atoms with Crippen LogP contribution < -0.4 is 0 Å². The van der Waals surface area contributed by atoms with E-state index in [0.717, 1.165) is 11.8 Å². The van der Waals surface area contributed by atoms with Gasteiger partial charge in [0, 0.05) is 6.54 Å². The molecule has 17 heavy (non-hydrogen) atoms. The zero-order valence-corrected chi connectivity index (χ0v) is 12.5. The van der Waals surface area contributed by atoms with Crippen molar-refractivity contribution in [2.24, 2.45) is 17.8 Å². The van der Waals surface area contributed by atoms with Crippen molar-refractivity contribution in [2.45, 2.75) is 58.7 Å². The van der Waals surface area contributed by atoms with Gasteiger partial charge in [0.2, 0.25) is 0 Å². The second kappa shape index (κ2) is 6.27. The van der Waals surface area contributed by atoms with Crippen molar-refractivity contribution >= 4 is 7.85 Å². The third-order valence-electron chi connectivity index (χ3n) is 4.64. The van der Waals surface area contributed by atoms with Crippen molar-refractivity contribution in [1.29, 1.82) is 0 Å². The third kappa shape index (κ3) is 4.65. The average molecular weight is 235 g/mol. The van der Waals surface area contributed by atoms with Crippen LogP contribution >= 0.6 is 0 Å². The third-order valence-corrected chi connectivity index (χ3v) is 4.64. The summed E-state index contributed by atoms with van der Waals surface area (Å²) in [4.78, 5) is 2.48.